The molecule has 1 aromatic carbocycles. The summed E-state index contributed by atoms with van der Waals surface area (Å²) in [6.45, 7) is 0. The predicted molar refractivity (Wildman–Crippen MR) is 69.0 cm³/mol. The van der Waals surface area contributed by atoms with Crippen LogP contribution in [0.25, 0.3) is 0 Å². The van der Waals surface area contributed by atoms with Gasteiger partial charge < -0.3 is 5.84 Å². The Morgan fingerprint density at radius 1 is 1.04 bits per heavy atom. The van der Waals surface area contributed by atoms with E-state index >= 15 is 0 Å². The molecular formula is C10H6F6N4O2S2. The van der Waals surface area contributed by atoms with Crippen molar-refractivity contribution in [2.45, 2.75) is 26.6 Å². The van der Waals surface area contributed by atoms with Crippen LogP contribution in [0.1, 0.15) is 5.82 Å². The number of hydrogen-bond acceptors (Lipinski definition) is 6. The predicted octanol–water partition coefficient (Wildman–Crippen LogP) is 2.46. The molecule has 0 radical (unpaired) electrons. The first-order chi connectivity index (χ1) is 10.9. The third-order valence-electron chi connectivity index (χ3n) is 2.56. The molecule has 1 aromatic heterocycles. The number of nitrogens with zero attached hydrogens (tertiary/aromatic N) is 3. The average Bonchev–Trinajstić information content (AvgIpc) is 2.79. The number of rotatable bonds is 3. The lowest BCUT2D eigenvalue weighted by Crippen LogP contribution is -2.24. The molecule has 0 atom stereocenters. The van der Waals surface area contributed by atoms with E-state index < -0.39 is 42.3 Å². The van der Waals surface area contributed by atoms with E-state index in [2.05, 4.69) is 10.2 Å². The first-order valence-corrected chi connectivity index (χ1v) is 8.01. The van der Waals surface area contributed by atoms with Gasteiger partial charge in [-0.3, -0.25) is 0 Å². The van der Waals surface area contributed by atoms with E-state index in [4.69, 9.17) is 5.84 Å². The summed E-state index contributed by atoms with van der Waals surface area (Å²) in [6, 6.07) is 3.90. The zero-order chi connectivity index (χ0) is 18.3. The van der Waals surface area contributed by atoms with Crippen LogP contribution in [0.4, 0.5) is 26.3 Å². The quantitative estimate of drug-likeness (QED) is 0.638. The first-order valence-electron chi connectivity index (χ1n) is 5.71. The van der Waals surface area contributed by atoms with Gasteiger partial charge in [0.15, 0.2) is 0 Å². The normalized spacial score (nSPS) is 13.2. The highest BCUT2D eigenvalue weighted by atomic mass is 32.2. The van der Waals surface area contributed by atoms with E-state index in [9.17, 15) is 34.8 Å². The Balaban J connectivity index is 2.49. The van der Waals surface area contributed by atoms with Gasteiger partial charge >= 0.3 is 11.7 Å². The van der Waals surface area contributed by atoms with Crippen LogP contribution in [0.3, 0.4) is 0 Å². The van der Waals surface area contributed by atoms with E-state index in [0.29, 0.717) is 6.07 Å². The van der Waals surface area contributed by atoms with Gasteiger partial charge in [0.05, 0.1) is 4.90 Å². The molecular weight excluding hydrogens is 386 g/mol. The molecule has 0 aliphatic heterocycles. The molecule has 14 heteroatoms. The second-order valence-corrected chi connectivity index (χ2v) is 7.09. The summed E-state index contributed by atoms with van der Waals surface area (Å²) in [6.07, 6.45) is -4.93. The fraction of sp³-hybridized carbons (Fsp3) is 0.200. The van der Waals surface area contributed by atoms with Crippen molar-refractivity contribution in [3.05, 3.63) is 30.1 Å². The minimum absolute atomic E-state index is 0.0155. The second kappa shape index (κ2) is 5.84. The van der Waals surface area contributed by atoms with E-state index in [0.717, 1.165) is 12.1 Å². The molecule has 0 aliphatic rings. The minimum Gasteiger partial charge on any atom is -0.335 e. The SMILES string of the molecule is Nn1c(Sc2ccccc2S(=O)(=O)C(F)(F)F)nnc1C(F)(F)F. The summed E-state index contributed by atoms with van der Waals surface area (Å²) >= 11 is 0.206. The molecule has 0 aliphatic carbocycles. The summed E-state index contributed by atoms with van der Waals surface area (Å²) < 4.78 is 98.8. The molecule has 2 N–H and O–H groups in total. The first kappa shape index (κ1) is 18.4. The van der Waals surface area contributed by atoms with Gasteiger partial charge in [0.1, 0.15) is 0 Å². The van der Waals surface area contributed by atoms with E-state index in [1.807, 2.05) is 0 Å². The molecule has 0 amide bonds. The van der Waals surface area contributed by atoms with Crippen LogP contribution >= 0.6 is 11.8 Å². The fourth-order valence-electron chi connectivity index (χ4n) is 1.52. The molecule has 1 heterocycles. The van der Waals surface area contributed by atoms with Gasteiger partial charge in [-0.05, 0) is 23.9 Å². The number of halogens is 6. The van der Waals surface area contributed by atoms with Crippen LogP contribution in [-0.4, -0.2) is 28.8 Å². The van der Waals surface area contributed by atoms with Crippen LogP contribution in [0, 0.1) is 0 Å². The Labute approximate surface area is 134 Å². The fourth-order valence-corrected chi connectivity index (χ4v) is 3.59. The third kappa shape index (κ3) is 3.28. The van der Waals surface area contributed by atoms with Crippen molar-refractivity contribution >= 4 is 21.6 Å². The Morgan fingerprint density at radius 2 is 1.62 bits per heavy atom. The van der Waals surface area contributed by atoms with Gasteiger partial charge in [-0.25, -0.2) is 13.1 Å². The lowest BCUT2D eigenvalue weighted by molar-refractivity contribution is -0.146. The minimum atomic E-state index is -5.70. The van der Waals surface area contributed by atoms with E-state index in [1.54, 1.807) is 0 Å². The monoisotopic (exact) mass is 392 g/mol. The van der Waals surface area contributed by atoms with Crippen molar-refractivity contribution in [2.75, 3.05) is 5.84 Å². The van der Waals surface area contributed by atoms with Gasteiger partial charge in [0, 0.05) is 4.90 Å². The third-order valence-corrected chi connectivity index (χ3v) is 5.27. The van der Waals surface area contributed by atoms with Crippen LogP contribution < -0.4 is 5.84 Å². The molecule has 2 rings (SSSR count). The second-order valence-electron chi connectivity index (χ2n) is 4.17. The maximum absolute atomic E-state index is 12.7. The highest BCUT2D eigenvalue weighted by molar-refractivity contribution is 8.00. The zero-order valence-electron chi connectivity index (χ0n) is 11.1. The number of alkyl halides is 6. The van der Waals surface area contributed by atoms with E-state index in [-0.39, 0.29) is 16.4 Å². The lowest BCUT2D eigenvalue weighted by Gasteiger charge is -2.12. The van der Waals surface area contributed by atoms with Crippen molar-refractivity contribution in [3.63, 3.8) is 0 Å². The molecule has 24 heavy (non-hydrogen) atoms. The summed E-state index contributed by atoms with van der Waals surface area (Å²) in [4.78, 5) is -1.62. The molecule has 0 spiro atoms. The number of nitrogen functional groups attached to an aromatic ring is 1. The van der Waals surface area contributed by atoms with Crippen LogP contribution in [0.2, 0.25) is 0 Å². The summed E-state index contributed by atoms with van der Waals surface area (Å²) in [5.41, 5.74) is -5.57. The van der Waals surface area contributed by atoms with Crippen molar-refractivity contribution < 1.29 is 34.8 Å². The van der Waals surface area contributed by atoms with Gasteiger partial charge in [-0.1, -0.05) is 12.1 Å². The highest BCUT2D eigenvalue weighted by Gasteiger charge is 2.48. The van der Waals surface area contributed by atoms with Gasteiger partial charge in [0.25, 0.3) is 15.7 Å². The zero-order valence-corrected chi connectivity index (χ0v) is 12.8. The Hall–Kier alpha value is -1.96. The van der Waals surface area contributed by atoms with Crippen molar-refractivity contribution in [3.8, 4) is 0 Å². The maximum Gasteiger partial charge on any atom is 0.501 e. The topological polar surface area (TPSA) is 90.9 Å². The molecule has 0 bridgehead atoms. The largest absolute Gasteiger partial charge is 0.501 e. The van der Waals surface area contributed by atoms with Crippen LogP contribution in [0.15, 0.2) is 39.2 Å². The number of hydrogen-bond donors (Lipinski definition) is 1. The summed E-state index contributed by atoms with van der Waals surface area (Å²) in [5.74, 6) is 3.58. The van der Waals surface area contributed by atoms with Gasteiger partial charge in [0.2, 0.25) is 5.16 Å². The van der Waals surface area contributed by atoms with Crippen molar-refractivity contribution in [1.29, 1.82) is 0 Å². The van der Waals surface area contributed by atoms with Crippen molar-refractivity contribution in [1.82, 2.24) is 14.9 Å². The molecule has 0 saturated heterocycles. The Kier molecular flexibility index (Phi) is 4.47. The molecule has 0 saturated carbocycles. The average molecular weight is 392 g/mol. The lowest BCUT2D eigenvalue weighted by atomic mass is 10.4. The van der Waals surface area contributed by atoms with Crippen molar-refractivity contribution in [2.24, 2.45) is 0 Å². The summed E-state index contributed by atoms with van der Waals surface area (Å²) in [7, 11) is -5.70. The molecule has 0 unspecified atom stereocenters. The standard InChI is InChI=1S/C10H6F6N4O2S2/c11-9(12,13)7-18-19-8(20(7)17)23-5-3-1-2-4-6(5)24(21,22)10(14,15)16/h1-4H,17H2. The van der Waals surface area contributed by atoms with Gasteiger partial charge in [-0.2, -0.15) is 26.3 Å². The van der Waals surface area contributed by atoms with Crippen LogP contribution in [0.5, 0.6) is 0 Å². The molecule has 6 nitrogen and oxygen atoms in total. The number of nitrogens with two attached hydrogens (primary N) is 1. The molecule has 0 fully saturated rings. The number of aromatic nitrogens is 3. The van der Waals surface area contributed by atoms with Gasteiger partial charge in [-0.15, -0.1) is 10.2 Å². The molecule has 2 aromatic rings. The highest BCUT2D eigenvalue weighted by Crippen LogP contribution is 2.38. The number of benzene rings is 1. The van der Waals surface area contributed by atoms with E-state index in [1.165, 1.54) is 6.07 Å². The smallest absolute Gasteiger partial charge is 0.335 e. The maximum atomic E-state index is 12.7. The Bertz CT molecular complexity index is 859. The summed E-state index contributed by atoms with van der Waals surface area (Å²) in [5, 5.41) is 5.28. The Morgan fingerprint density at radius 3 is 2.12 bits per heavy atom. The van der Waals surface area contributed by atoms with Crippen LogP contribution in [-0.2, 0) is 16.0 Å². The number of sulfone groups is 1. The molecule has 132 valence electrons.